The molecule has 35 heavy (non-hydrogen) atoms. The number of nitrogens with one attached hydrogen (secondary N) is 2. The van der Waals surface area contributed by atoms with Gasteiger partial charge in [0.05, 0.1) is 19.3 Å². The molecule has 190 valence electrons. The van der Waals surface area contributed by atoms with Crippen molar-refractivity contribution in [1.29, 1.82) is 0 Å². The molecule has 4 rings (SSSR count). The van der Waals surface area contributed by atoms with E-state index in [1.54, 1.807) is 11.3 Å². The normalized spacial score (nSPS) is 19.7. The van der Waals surface area contributed by atoms with Gasteiger partial charge in [-0.1, -0.05) is 36.4 Å². The first-order chi connectivity index (χ1) is 17.1. The van der Waals surface area contributed by atoms with Crippen molar-refractivity contribution in [2.24, 2.45) is 0 Å². The van der Waals surface area contributed by atoms with Crippen molar-refractivity contribution in [2.75, 3.05) is 65.6 Å². The van der Waals surface area contributed by atoms with Crippen molar-refractivity contribution in [3.63, 3.8) is 0 Å². The summed E-state index contributed by atoms with van der Waals surface area (Å²) in [5.41, 5.74) is 1.33. The third-order valence-corrected chi connectivity index (χ3v) is 7.68. The van der Waals surface area contributed by atoms with Gasteiger partial charge in [0.25, 0.3) is 0 Å². The van der Waals surface area contributed by atoms with Gasteiger partial charge in [-0.3, -0.25) is 24.3 Å². The number of benzene rings is 1. The molecule has 0 bridgehead atoms. The maximum absolute atomic E-state index is 12.7. The molecule has 2 saturated heterocycles. The van der Waals surface area contributed by atoms with Crippen LogP contribution in [0.3, 0.4) is 0 Å². The van der Waals surface area contributed by atoms with Crippen molar-refractivity contribution < 1.29 is 14.3 Å². The number of rotatable bonds is 9. The standard InChI is InChI=1S/C26H37N5O3S/c1-21(28-26(33)25(32)27-9-10-29-15-17-34-18-16-29)24(23-8-5-19-35-23)31-13-11-30(12-14-31)20-22-6-3-2-4-7-22/h2-8,19,21,24H,9-18,20H2,1H3,(H,27,32)(H,28,33)/t21-,24+/m1/s1. The molecule has 2 aliphatic rings. The smallest absolute Gasteiger partial charge is 0.309 e. The molecule has 2 N–H and O–H groups in total. The highest BCUT2D eigenvalue weighted by molar-refractivity contribution is 7.10. The summed E-state index contributed by atoms with van der Waals surface area (Å²) in [5, 5.41) is 7.81. The minimum absolute atomic E-state index is 0.0407. The van der Waals surface area contributed by atoms with Gasteiger partial charge in [0.15, 0.2) is 0 Å². The topological polar surface area (TPSA) is 77.1 Å². The average molecular weight is 500 g/mol. The van der Waals surface area contributed by atoms with Gasteiger partial charge in [-0.05, 0) is 23.9 Å². The van der Waals surface area contributed by atoms with Crippen molar-refractivity contribution in [2.45, 2.75) is 25.6 Å². The molecule has 0 saturated carbocycles. The van der Waals surface area contributed by atoms with Crippen molar-refractivity contribution >= 4 is 23.2 Å². The third-order valence-electron chi connectivity index (χ3n) is 6.74. The molecule has 0 spiro atoms. The first-order valence-corrected chi connectivity index (χ1v) is 13.4. The second-order valence-corrected chi connectivity index (χ2v) is 10.2. The Kier molecular flexibility index (Phi) is 9.67. The summed E-state index contributed by atoms with van der Waals surface area (Å²) in [6, 6.07) is 14.6. The van der Waals surface area contributed by atoms with Crippen molar-refractivity contribution in [3.8, 4) is 0 Å². The summed E-state index contributed by atoms with van der Waals surface area (Å²) in [6.07, 6.45) is 0. The van der Waals surface area contributed by atoms with Crippen LogP contribution in [0.4, 0.5) is 0 Å². The molecule has 0 radical (unpaired) electrons. The third kappa shape index (κ3) is 7.59. The minimum Gasteiger partial charge on any atom is -0.379 e. The van der Waals surface area contributed by atoms with Crippen molar-refractivity contribution in [3.05, 3.63) is 58.3 Å². The maximum atomic E-state index is 12.7. The Hall–Kier alpha value is -2.30. The average Bonchev–Trinajstić information content (AvgIpc) is 3.41. The Balaban J connectivity index is 1.28. The first-order valence-electron chi connectivity index (χ1n) is 12.5. The zero-order valence-corrected chi connectivity index (χ0v) is 21.3. The van der Waals surface area contributed by atoms with Gasteiger partial charge in [-0.25, -0.2) is 0 Å². The number of hydrogen-bond acceptors (Lipinski definition) is 7. The molecule has 1 aromatic carbocycles. The molecule has 0 aliphatic carbocycles. The molecular weight excluding hydrogens is 462 g/mol. The first kappa shape index (κ1) is 25.8. The highest BCUT2D eigenvalue weighted by Gasteiger charge is 2.31. The Morgan fingerprint density at radius 3 is 2.37 bits per heavy atom. The van der Waals surface area contributed by atoms with E-state index in [4.69, 9.17) is 4.74 Å². The SMILES string of the molecule is C[C@@H](NC(=O)C(=O)NCCN1CCOCC1)[C@@H](c1cccs1)N1CCN(Cc2ccccc2)CC1. The van der Waals surface area contributed by atoms with Gasteiger partial charge < -0.3 is 15.4 Å². The lowest BCUT2D eigenvalue weighted by Crippen LogP contribution is -2.53. The minimum atomic E-state index is -0.567. The van der Waals surface area contributed by atoms with E-state index >= 15 is 0 Å². The fourth-order valence-electron chi connectivity index (χ4n) is 4.83. The molecule has 2 aromatic rings. The van der Waals surface area contributed by atoms with Gasteiger partial charge in [-0.15, -0.1) is 11.3 Å². The molecule has 9 heteroatoms. The van der Waals surface area contributed by atoms with E-state index in [0.29, 0.717) is 6.54 Å². The number of ether oxygens (including phenoxy) is 1. The summed E-state index contributed by atoms with van der Waals surface area (Å²) in [7, 11) is 0. The van der Waals surface area contributed by atoms with E-state index in [0.717, 1.165) is 65.6 Å². The summed E-state index contributed by atoms with van der Waals surface area (Å²) in [4.78, 5) is 33.5. The molecule has 1 aromatic heterocycles. The van der Waals surface area contributed by atoms with Crippen LogP contribution in [0.2, 0.25) is 0 Å². The lowest BCUT2D eigenvalue weighted by molar-refractivity contribution is -0.139. The fourth-order valence-corrected chi connectivity index (χ4v) is 5.79. The van der Waals surface area contributed by atoms with E-state index < -0.39 is 11.8 Å². The van der Waals surface area contributed by atoms with Gasteiger partial charge in [0.1, 0.15) is 0 Å². The number of hydrogen-bond donors (Lipinski definition) is 2. The summed E-state index contributed by atoms with van der Waals surface area (Å²) in [6.45, 7) is 11.1. The second-order valence-electron chi connectivity index (χ2n) is 9.23. The number of carbonyl (C=O) groups is 2. The number of nitrogens with zero attached hydrogens (tertiary/aromatic N) is 3. The number of morpholine rings is 1. The molecule has 2 aliphatic heterocycles. The van der Waals surface area contributed by atoms with Crippen LogP contribution in [0.15, 0.2) is 47.8 Å². The van der Waals surface area contributed by atoms with Crippen molar-refractivity contribution in [1.82, 2.24) is 25.3 Å². The Morgan fingerprint density at radius 1 is 0.943 bits per heavy atom. The molecule has 2 fully saturated rings. The van der Waals surface area contributed by atoms with E-state index in [-0.39, 0.29) is 12.1 Å². The quantitative estimate of drug-likeness (QED) is 0.510. The van der Waals surface area contributed by atoms with Crippen LogP contribution in [0.5, 0.6) is 0 Å². The Labute approximate surface area is 212 Å². The van der Waals surface area contributed by atoms with Gasteiger partial charge >= 0.3 is 11.8 Å². The summed E-state index contributed by atoms with van der Waals surface area (Å²) < 4.78 is 5.35. The van der Waals surface area contributed by atoms with Gasteiger partial charge in [-0.2, -0.15) is 0 Å². The van der Waals surface area contributed by atoms with Gasteiger partial charge in [0, 0.05) is 69.8 Å². The monoisotopic (exact) mass is 499 g/mol. The molecular formula is C26H37N5O3S. The van der Waals surface area contributed by atoms with Gasteiger partial charge in [0.2, 0.25) is 0 Å². The lowest BCUT2D eigenvalue weighted by Gasteiger charge is -2.41. The zero-order chi connectivity index (χ0) is 24.5. The molecule has 3 heterocycles. The Bertz CT molecular complexity index is 912. The highest BCUT2D eigenvalue weighted by Crippen LogP contribution is 2.29. The largest absolute Gasteiger partial charge is 0.379 e. The van der Waals surface area contributed by atoms with Crippen LogP contribution in [0.1, 0.15) is 23.4 Å². The van der Waals surface area contributed by atoms with E-state index in [1.807, 2.05) is 19.1 Å². The Morgan fingerprint density at radius 2 is 1.69 bits per heavy atom. The van der Waals surface area contributed by atoms with Crippen LogP contribution in [-0.4, -0.2) is 98.1 Å². The van der Waals surface area contributed by atoms with Crippen LogP contribution in [0.25, 0.3) is 0 Å². The number of thiophene rings is 1. The fraction of sp³-hybridized carbons (Fsp3) is 0.538. The van der Waals surface area contributed by atoms with Crippen LogP contribution in [-0.2, 0) is 20.9 Å². The predicted octanol–water partition coefficient (Wildman–Crippen LogP) is 1.56. The zero-order valence-electron chi connectivity index (χ0n) is 20.5. The van der Waals surface area contributed by atoms with E-state index in [2.05, 4.69) is 61.0 Å². The van der Waals surface area contributed by atoms with Crippen LogP contribution in [0, 0.1) is 0 Å². The molecule has 8 nitrogen and oxygen atoms in total. The maximum Gasteiger partial charge on any atom is 0.309 e. The molecule has 0 unspecified atom stereocenters. The lowest BCUT2D eigenvalue weighted by atomic mass is 10.0. The second kappa shape index (κ2) is 13.1. The summed E-state index contributed by atoms with van der Waals surface area (Å²) >= 11 is 1.70. The predicted molar refractivity (Wildman–Crippen MR) is 138 cm³/mol. The van der Waals surface area contributed by atoms with Crippen LogP contribution < -0.4 is 10.6 Å². The molecule has 2 amide bonds. The van der Waals surface area contributed by atoms with E-state index in [9.17, 15) is 9.59 Å². The molecule has 2 atom stereocenters. The number of carbonyl (C=O) groups excluding carboxylic acids is 2. The summed E-state index contributed by atoms with van der Waals surface area (Å²) in [5.74, 6) is -1.13. The number of piperazine rings is 1. The van der Waals surface area contributed by atoms with Crippen LogP contribution >= 0.6 is 11.3 Å². The van der Waals surface area contributed by atoms with E-state index in [1.165, 1.54) is 10.4 Å². The number of amides is 2. The highest BCUT2D eigenvalue weighted by atomic mass is 32.1.